The average Bonchev–Trinajstić information content (AvgIpc) is 2.59. The van der Waals surface area contributed by atoms with E-state index in [1.807, 2.05) is 6.26 Å². The van der Waals surface area contributed by atoms with Gasteiger partial charge in [-0.25, -0.2) is 23.4 Å². The fourth-order valence-corrected chi connectivity index (χ4v) is 10.1. The molecule has 1 N–H and O–H groups in total. The first kappa shape index (κ1) is 23.6. The molecule has 0 aliphatic carbocycles. The van der Waals surface area contributed by atoms with Crippen molar-refractivity contribution in [1.29, 1.82) is 0 Å². The summed E-state index contributed by atoms with van der Waals surface area (Å²) in [5, 5.41) is 1.31. The number of fused-ring (bicyclic) bond motifs is 1. The summed E-state index contributed by atoms with van der Waals surface area (Å²) in [6, 6.07) is 1.68. The van der Waals surface area contributed by atoms with E-state index in [1.54, 1.807) is 12.3 Å². The summed E-state index contributed by atoms with van der Waals surface area (Å²) in [5.74, 6) is 3.61. The molecular formula is C20H30N4O2S2Si. The number of pyridine rings is 1. The molecule has 0 saturated carbocycles. The molecule has 158 valence electrons. The quantitative estimate of drug-likeness (QED) is 0.297. The molecule has 0 aliphatic rings. The second-order valence-electron chi connectivity index (χ2n) is 8.17. The zero-order chi connectivity index (χ0) is 22.0. The Hall–Kier alpha value is -1.63. The van der Waals surface area contributed by atoms with Crippen LogP contribution >= 0.6 is 11.8 Å². The van der Waals surface area contributed by atoms with E-state index in [4.69, 9.17) is 0 Å². The van der Waals surface area contributed by atoms with Gasteiger partial charge in [0.15, 0.2) is 10.8 Å². The van der Waals surface area contributed by atoms with Gasteiger partial charge >= 0.3 is 0 Å². The van der Waals surface area contributed by atoms with E-state index in [0.717, 1.165) is 11.6 Å². The van der Waals surface area contributed by atoms with Crippen LogP contribution in [0.4, 0.5) is 5.82 Å². The Kier molecular flexibility index (Phi) is 7.36. The molecule has 6 nitrogen and oxygen atoms in total. The highest BCUT2D eigenvalue weighted by molar-refractivity contribution is 7.98. The van der Waals surface area contributed by atoms with Crippen LogP contribution in [0.25, 0.3) is 11.0 Å². The highest BCUT2D eigenvalue weighted by Gasteiger charge is 2.41. The van der Waals surface area contributed by atoms with E-state index in [1.165, 1.54) is 11.8 Å². The number of nitrogens with zero attached hydrogens (tertiary/aromatic N) is 3. The minimum absolute atomic E-state index is 0.223. The van der Waals surface area contributed by atoms with Crippen LogP contribution in [0.15, 0.2) is 17.4 Å². The zero-order valence-electron chi connectivity index (χ0n) is 18.4. The molecule has 9 heteroatoms. The van der Waals surface area contributed by atoms with Crippen LogP contribution in [0, 0.1) is 11.5 Å². The van der Waals surface area contributed by atoms with E-state index >= 15 is 0 Å². The van der Waals surface area contributed by atoms with Crippen molar-refractivity contribution in [2.45, 2.75) is 63.3 Å². The van der Waals surface area contributed by atoms with Gasteiger partial charge in [0.2, 0.25) is 10.0 Å². The maximum Gasteiger partial charge on any atom is 0.230 e. The smallest absolute Gasteiger partial charge is 0.230 e. The number of anilines is 1. The largest absolute Gasteiger partial charge is 0.267 e. The lowest BCUT2D eigenvalue weighted by Crippen LogP contribution is -2.43. The summed E-state index contributed by atoms with van der Waals surface area (Å²) in [5.41, 5.74) is 6.31. The first-order valence-corrected chi connectivity index (χ1v) is 15.0. The number of nitrogens with one attached hydrogen (secondary N) is 1. The number of sulfonamides is 1. The molecular weight excluding hydrogens is 420 g/mol. The van der Waals surface area contributed by atoms with Gasteiger partial charge in [-0.05, 0) is 28.9 Å². The SMILES string of the molecule is CSc1ncc2c(C#C[Si](C(C)C)(C(C)C)C(C)C)cc(NS(C)(=O)=O)nc2n1. The molecule has 2 heterocycles. The Balaban J connectivity index is 2.76. The van der Waals surface area contributed by atoms with Crippen molar-refractivity contribution in [2.24, 2.45) is 0 Å². The molecule has 0 bridgehead atoms. The van der Waals surface area contributed by atoms with Crippen molar-refractivity contribution in [3.8, 4) is 11.5 Å². The maximum absolute atomic E-state index is 11.7. The van der Waals surface area contributed by atoms with Crippen molar-refractivity contribution in [1.82, 2.24) is 15.0 Å². The predicted octanol–water partition coefficient (Wildman–Crippen LogP) is 4.69. The van der Waals surface area contributed by atoms with Crippen LogP contribution < -0.4 is 4.72 Å². The van der Waals surface area contributed by atoms with E-state index in [2.05, 4.69) is 72.7 Å². The fraction of sp³-hybridized carbons (Fsp3) is 0.550. The Morgan fingerprint density at radius 3 is 2.14 bits per heavy atom. The summed E-state index contributed by atoms with van der Waals surface area (Å²) in [6.07, 6.45) is 4.71. The Morgan fingerprint density at radius 1 is 1.07 bits per heavy atom. The first-order chi connectivity index (χ1) is 13.4. The van der Waals surface area contributed by atoms with Gasteiger partial charge < -0.3 is 0 Å². The summed E-state index contributed by atoms with van der Waals surface area (Å²) >= 11 is 1.41. The van der Waals surface area contributed by atoms with Gasteiger partial charge in [-0.15, -0.1) is 5.54 Å². The normalized spacial score (nSPS) is 12.5. The number of thioether (sulfide) groups is 1. The standard InChI is InChI=1S/C20H30N4O2S2Si/c1-13(2)29(14(3)4,15(5)6)10-9-16-11-18(24-28(8,25)26)22-19-17(16)12-21-20(23-19)27-7/h11-15H,1-8H3,(H,21,22,23,24). The molecule has 0 saturated heterocycles. The van der Waals surface area contributed by atoms with Crippen molar-refractivity contribution in [3.63, 3.8) is 0 Å². The second kappa shape index (κ2) is 9.02. The van der Waals surface area contributed by atoms with Crippen molar-refractivity contribution in [3.05, 3.63) is 17.8 Å². The van der Waals surface area contributed by atoms with E-state index < -0.39 is 18.1 Å². The molecule has 29 heavy (non-hydrogen) atoms. The van der Waals surface area contributed by atoms with Crippen LogP contribution in [0.2, 0.25) is 16.6 Å². The van der Waals surface area contributed by atoms with E-state index in [-0.39, 0.29) is 5.82 Å². The Bertz CT molecular complexity index is 1040. The van der Waals surface area contributed by atoms with Crippen molar-refractivity contribution < 1.29 is 8.42 Å². The van der Waals surface area contributed by atoms with E-state index in [0.29, 0.717) is 33.0 Å². The Labute approximate surface area is 179 Å². The van der Waals surface area contributed by atoms with E-state index in [9.17, 15) is 8.42 Å². The number of hydrogen-bond donors (Lipinski definition) is 1. The third-order valence-corrected chi connectivity index (χ3v) is 12.7. The first-order valence-electron chi connectivity index (χ1n) is 9.63. The zero-order valence-corrected chi connectivity index (χ0v) is 21.0. The van der Waals surface area contributed by atoms with Crippen LogP contribution in [-0.2, 0) is 10.0 Å². The van der Waals surface area contributed by atoms with Gasteiger partial charge in [0.1, 0.15) is 13.9 Å². The molecule has 0 spiro atoms. The monoisotopic (exact) mass is 450 g/mol. The van der Waals surface area contributed by atoms with Gasteiger partial charge in [0.25, 0.3) is 0 Å². The van der Waals surface area contributed by atoms with Gasteiger partial charge in [-0.2, -0.15) is 0 Å². The van der Waals surface area contributed by atoms with Crippen LogP contribution in [0.3, 0.4) is 0 Å². The van der Waals surface area contributed by atoms with Crippen molar-refractivity contribution in [2.75, 3.05) is 17.2 Å². The molecule has 0 aromatic carbocycles. The summed E-state index contributed by atoms with van der Waals surface area (Å²) in [4.78, 5) is 13.2. The minimum atomic E-state index is -3.46. The molecule has 0 fully saturated rings. The third-order valence-electron chi connectivity index (χ3n) is 5.30. The van der Waals surface area contributed by atoms with Crippen LogP contribution in [0.1, 0.15) is 47.1 Å². The Morgan fingerprint density at radius 2 is 1.66 bits per heavy atom. The highest BCUT2D eigenvalue weighted by Crippen LogP contribution is 2.40. The molecule has 0 atom stereocenters. The molecule has 0 amide bonds. The van der Waals surface area contributed by atoms with Crippen LogP contribution in [0.5, 0.6) is 0 Å². The van der Waals surface area contributed by atoms with Crippen LogP contribution in [-0.4, -0.2) is 44.0 Å². The number of rotatable bonds is 6. The summed E-state index contributed by atoms with van der Waals surface area (Å²) in [7, 11) is -5.41. The maximum atomic E-state index is 11.7. The fourth-order valence-electron chi connectivity index (χ4n) is 4.05. The molecule has 2 aromatic heterocycles. The third kappa shape index (κ3) is 5.30. The highest BCUT2D eigenvalue weighted by atomic mass is 32.2. The number of hydrogen-bond acceptors (Lipinski definition) is 6. The number of aromatic nitrogens is 3. The van der Waals surface area contributed by atoms with Gasteiger partial charge in [-0.3, -0.25) is 4.72 Å². The molecule has 0 unspecified atom stereocenters. The lowest BCUT2D eigenvalue weighted by molar-refractivity contribution is 0.606. The lowest BCUT2D eigenvalue weighted by atomic mass is 10.2. The second-order valence-corrected chi connectivity index (χ2v) is 16.3. The van der Waals surface area contributed by atoms with Crippen molar-refractivity contribution >= 4 is 46.7 Å². The molecule has 0 aliphatic heterocycles. The van der Waals surface area contributed by atoms with Gasteiger partial charge in [-0.1, -0.05) is 59.2 Å². The average molecular weight is 451 g/mol. The molecule has 2 rings (SSSR count). The minimum Gasteiger partial charge on any atom is -0.267 e. The summed E-state index contributed by atoms with van der Waals surface area (Å²) in [6.45, 7) is 13.6. The molecule has 0 radical (unpaired) electrons. The lowest BCUT2D eigenvalue weighted by Gasteiger charge is -2.38. The van der Waals surface area contributed by atoms with Gasteiger partial charge in [0.05, 0.1) is 11.6 Å². The topological polar surface area (TPSA) is 84.8 Å². The predicted molar refractivity (Wildman–Crippen MR) is 126 cm³/mol. The van der Waals surface area contributed by atoms with Gasteiger partial charge in [0, 0.05) is 11.8 Å². The molecule has 2 aromatic rings. The summed E-state index contributed by atoms with van der Waals surface area (Å²) < 4.78 is 25.9.